The second-order valence-corrected chi connectivity index (χ2v) is 4.72. The molecule has 6 heteroatoms. The summed E-state index contributed by atoms with van der Waals surface area (Å²) < 4.78 is 4.90. The molecule has 0 atom stereocenters. The highest BCUT2D eigenvalue weighted by molar-refractivity contribution is 5.84. The lowest BCUT2D eigenvalue weighted by molar-refractivity contribution is -0.135. The second kappa shape index (κ2) is 9.75. The molecule has 1 rings (SSSR count). The second-order valence-electron chi connectivity index (χ2n) is 4.72. The van der Waals surface area contributed by atoms with Crippen LogP contribution in [0.25, 0.3) is 0 Å². The number of methoxy groups -OCH3 is 1. The van der Waals surface area contributed by atoms with Crippen molar-refractivity contribution < 1.29 is 14.3 Å². The molecule has 1 heterocycles. The number of carbonyl (C=O) groups is 2. The molecule has 19 heavy (non-hydrogen) atoms. The van der Waals surface area contributed by atoms with Gasteiger partial charge >= 0.3 is 0 Å². The summed E-state index contributed by atoms with van der Waals surface area (Å²) in [5, 5.41) is 5.96. The van der Waals surface area contributed by atoms with Crippen molar-refractivity contribution in [3.63, 3.8) is 0 Å². The van der Waals surface area contributed by atoms with Gasteiger partial charge in [-0.3, -0.25) is 9.59 Å². The highest BCUT2D eigenvalue weighted by Gasteiger charge is 2.18. The van der Waals surface area contributed by atoms with Crippen molar-refractivity contribution in [1.29, 1.82) is 0 Å². The maximum absolute atomic E-state index is 11.7. The van der Waals surface area contributed by atoms with Gasteiger partial charge in [0.15, 0.2) is 0 Å². The van der Waals surface area contributed by atoms with E-state index < -0.39 is 0 Å². The van der Waals surface area contributed by atoms with Crippen molar-refractivity contribution in [3.05, 3.63) is 0 Å². The summed E-state index contributed by atoms with van der Waals surface area (Å²) in [5.74, 6) is 0.0228. The summed E-state index contributed by atoms with van der Waals surface area (Å²) in [5.41, 5.74) is 0. The number of nitrogens with zero attached hydrogens (tertiary/aromatic N) is 1. The van der Waals surface area contributed by atoms with Crippen LogP contribution in [0.1, 0.15) is 25.7 Å². The number of nitrogens with one attached hydrogen (secondary N) is 2. The monoisotopic (exact) mass is 271 g/mol. The minimum absolute atomic E-state index is 0.0798. The SMILES string of the molecule is COCCNCCNC(=O)CN1CCCCCC1=O. The molecule has 1 fully saturated rings. The van der Waals surface area contributed by atoms with E-state index in [1.54, 1.807) is 12.0 Å². The third-order valence-electron chi connectivity index (χ3n) is 3.11. The van der Waals surface area contributed by atoms with Crippen molar-refractivity contribution >= 4 is 11.8 Å². The molecule has 0 unspecified atom stereocenters. The lowest BCUT2D eigenvalue weighted by Gasteiger charge is -2.19. The summed E-state index contributed by atoms with van der Waals surface area (Å²) in [6, 6.07) is 0. The van der Waals surface area contributed by atoms with Crippen molar-refractivity contribution in [1.82, 2.24) is 15.5 Å². The zero-order chi connectivity index (χ0) is 13.9. The zero-order valence-electron chi connectivity index (χ0n) is 11.7. The largest absolute Gasteiger partial charge is 0.383 e. The lowest BCUT2D eigenvalue weighted by Crippen LogP contribution is -2.42. The van der Waals surface area contributed by atoms with Gasteiger partial charge in [-0.05, 0) is 12.8 Å². The smallest absolute Gasteiger partial charge is 0.239 e. The molecule has 1 aliphatic heterocycles. The Kier molecular flexibility index (Phi) is 8.16. The summed E-state index contributed by atoms with van der Waals surface area (Å²) in [7, 11) is 1.65. The molecular weight excluding hydrogens is 246 g/mol. The lowest BCUT2D eigenvalue weighted by atomic mass is 10.2. The van der Waals surface area contributed by atoms with Crippen LogP contribution in [0.3, 0.4) is 0 Å². The highest BCUT2D eigenvalue weighted by Crippen LogP contribution is 2.10. The third kappa shape index (κ3) is 7.12. The number of hydrogen-bond donors (Lipinski definition) is 2. The average Bonchev–Trinajstić information content (AvgIpc) is 2.59. The first-order chi connectivity index (χ1) is 9.24. The number of likely N-dealkylation sites (tertiary alicyclic amines) is 1. The molecule has 1 saturated heterocycles. The Morgan fingerprint density at radius 2 is 2.11 bits per heavy atom. The first-order valence-corrected chi connectivity index (χ1v) is 6.98. The Morgan fingerprint density at radius 1 is 1.26 bits per heavy atom. The molecular formula is C13H25N3O3. The van der Waals surface area contributed by atoms with Gasteiger partial charge in [-0.15, -0.1) is 0 Å². The van der Waals surface area contributed by atoms with Crippen molar-refractivity contribution in [2.24, 2.45) is 0 Å². The Balaban J connectivity index is 2.10. The van der Waals surface area contributed by atoms with E-state index in [4.69, 9.17) is 4.74 Å². The van der Waals surface area contributed by atoms with Gasteiger partial charge in [0.1, 0.15) is 0 Å². The van der Waals surface area contributed by atoms with Gasteiger partial charge in [0.25, 0.3) is 0 Å². The molecule has 0 aromatic rings. The van der Waals surface area contributed by atoms with E-state index in [2.05, 4.69) is 10.6 Å². The third-order valence-corrected chi connectivity index (χ3v) is 3.11. The molecule has 0 aromatic heterocycles. The first kappa shape index (κ1) is 15.9. The van der Waals surface area contributed by atoms with Gasteiger partial charge in [0.05, 0.1) is 13.2 Å². The fraction of sp³-hybridized carbons (Fsp3) is 0.846. The predicted octanol–water partition coefficient (Wildman–Crippen LogP) is -0.259. The summed E-state index contributed by atoms with van der Waals surface area (Å²) in [6.07, 6.45) is 3.59. The number of ether oxygens (including phenoxy) is 1. The standard InChI is InChI=1S/C13H25N3O3/c1-19-10-8-14-6-7-15-12(17)11-16-9-4-2-3-5-13(16)18/h14H,2-11H2,1H3,(H,15,17). The maximum atomic E-state index is 11.7. The molecule has 6 nitrogen and oxygen atoms in total. The Morgan fingerprint density at radius 3 is 2.89 bits per heavy atom. The van der Waals surface area contributed by atoms with E-state index >= 15 is 0 Å². The molecule has 2 N–H and O–H groups in total. The molecule has 0 aliphatic carbocycles. The molecule has 0 spiro atoms. The number of carbonyl (C=O) groups excluding carboxylic acids is 2. The fourth-order valence-corrected chi connectivity index (χ4v) is 2.02. The molecule has 0 saturated carbocycles. The molecule has 110 valence electrons. The summed E-state index contributed by atoms with van der Waals surface area (Å²) in [6.45, 7) is 3.62. The molecule has 1 aliphatic rings. The Labute approximate surface area is 114 Å². The van der Waals surface area contributed by atoms with Crippen LogP contribution < -0.4 is 10.6 Å². The first-order valence-electron chi connectivity index (χ1n) is 6.98. The average molecular weight is 271 g/mol. The minimum atomic E-state index is -0.0798. The van der Waals surface area contributed by atoms with Crippen LogP contribution >= 0.6 is 0 Å². The molecule has 0 aromatic carbocycles. The van der Waals surface area contributed by atoms with Crippen LogP contribution in [0.5, 0.6) is 0 Å². The van der Waals surface area contributed by atoms with Crippen LogP contribution in [0.15, 0.2) is 0 Å². The van der Waals surface area contributed by atoms with Crippen molar-refractivity contribution in [2.45, 2.75) is 25.7 Å². The quantitative estimate of drug-likeness (QED) is 0.597. The molecule has 0 bridgehead atoms. The van der Waals surface area contributed by atoms with Gasteiger partial charge < -0.3 is 20.3 Å². The van der Waals surface area contributed by atoms with Gasteiger partial charge in [0, 0.05) is 39.7 Å². The van der Waals surface area contributed by atoms with E-state index in [0.717, 1.165) is 25.8 Å². The minimum Gasteiger partial charge on any atom is -0.383 e. The van der Waals surface area contributed by atoms with Gasteiger partial charge in [0.2, 0.25) is 11.8 Å². The summed E-state index contributed by atoms with van der Waals surface area (Å²) in [4.78, 5) is 25.1. The van der Waals surface area contributed by atoms with Crippen LogP contribution in [0.4, 0.5) is 0 Å². The van der Waals surface area contributed by atoms with Crippen LogP contribution in [-0.2, 0) is 14.3 Å². The predicted molar refractivity (Wildman–Crippen MR) is 72.8 cm³/mol. The summed E-state index contributed by atoms with van der Waals surface area (Å²) >= 11 is 0. The van der Waals surface area contributed by atoms with Crippen molar-refractivity contribution in [3.8, 4) is 0 Å². The number of rotatable bonds is 8. The van der Waals surface area contributed by atoms with Gasteiger partial charge in [-0.1, -0.05) is 6.42 Å². The Hall–Kier alpha value is -1.14. The van der Waals surface area contributed by atoms with Crippen LogP contribution in [-0.4, -0.2) is 63.2 Å². The van der Waals surface area contributed by atoms with E-state index in [-0.39, 0.29) is 18.4 Å². The van der Waals surface area contributed by atoms with E-state index in [1.165, 1.54) is 0 Å². The van der Waals surface area contributed by atoms with Crippen LogP contribution in [0, 0.1) is 0 Å². The van der Waals surface area contributed by atoms with E-state index in [0.29, 0.717) is 32.7 Å². The topological polar surface area (TPSA) is 70.7 Å². The zero-order valence-corrected chi connectivity index (χ0v) is 11.7. The molecule has 0 radical (unpaired) electrons. The fourth-order valence-electron chi connectivity index (χ4n) is 2.02. The van der Waals surface area contributed by atoms with Gasteiger partial charge in [-0.2, -0.15) is 0 Å². The Bertz CT molecular complexity index is 284. The maximum Gasteiger partial charge on any atom is 0.239 e. The van der Waals surface area contributed by atoms with E-state index in [9.17, 15) is 9.59 Å². The highest BCUT2D eigenvalue weighted by atomic mass is 16.5. The van der Waals surface area contributed by atoms with Crippen LogP contribution in [0.2, 0.25) is 0 Å². The van der Waals surface area contributed by atoms with Crippen molar-refractivity contribution in [2.75, 3.05) is 46.4 Å². The van der Waals surface area contributed by atoms with Gasteiger partial charge in [-0.25, -0.2) is 0 Å². The van der Waals surface area contributed by atoms with E-state index in [1.807, 2.05) is 0 Å². The number of hydrogen-bond acceptors (Lipinski definition) is 4. The normalized spacial score (nSPS) is 16.3. The number of amides is 2. The molecule has 2 amide bonds.